The topological polar surface area (TPSA) is 53.1 Å². The van der Waals surface area contributed by atoms with E-state index in [1.165, 1.54) is 11.1 Å². The van der Waals surface area contributed by atoms with Crippen molar-refractivity contribution in [3.8, 4) is 0 Å². The third kappa shape index (κ3) is 5.04. The Labute approximate surface area is 126 Å². The van der Waals surface area contributed by atoms with Gasteiger partial charge in [0.1, 0.15) is 18.0 Å². The maximum atomic E-state index is 4.25. The van der Waals surface area contributed by atoms with Crippen molar-refractivity contribution in [2.75, 3.05) is 37.8 Å². The van der Waals surface area contributed by atoms with Crippen molar-refractivity contribution >= 4 is 11.6 Å². The van der Waals surface area contributed by atoms with Crippen molar-refractivity contribution in [1.82, 2.24) is 14.9 Å². The van der Waals surface area contributed by atoms with Crippen molar-refractivity contribution in [2.45, 2.75) is 13.5 Å². The molecule has 1 heterocycles. The number of aryl methyl sites for hydroxylation is 1. The van der Waals surface area contributed by atoms with Gasteiger partial charge in [0.15, 0.2) is 0 Å². The van der Waals surface area contributed by atoms with Crippen LogP contribution in [0.15, 0.2) is 36.7 Å². The lowest BCUT2D eigenvalue weighted by atomic mass is 10.1. The molecular formula is C16H23N5. The van der Waals surface area contributed by atoms with Crippen LogP contribution in [0.1, 0.15) is 11.1 Å². The monoisotopic (exact) mass is 285 g/mol. The van der Waals surface area contributed by atoms with Gasteiger partial charge in [0.2, 0.25) is 0 Å². The molecule has 1 aromatic carbocycles. The molecule has 0 aliphatic heterocycles. The number of hydrogen-bond donors (Lipinski definition) is 2. The number of nitrogens with zero attached hydrogens (tertiary/aromatic N) is 3. The van der Waals surface area contributed by atoms with E-state index in [1.807, 2.05) is 6.07 Å². The second kappa shape index (κ2) is 7.59. The Hall–Kier alpha value is -2.14. The minimum Gasteiger partial charge on any atom is -0.369 e. The molecule has 0 fully saturated rings. The first-order valence-corrected chi connectivity index (χ1v) is 7.14. The minimum absolute atomic E-state index is 0.765. The summed E-state index contributed by atoms with van der Waals surface area (Å²) in [5, 5.41) is 6.63. The fraction of sp³-hybridized carbons (Fsp3) is 0.375. The lowest BCUT2D eigenvalue weighted by Crippen LogP contribution is -2.21. The van der Waals surface area contributed by atoms with Gasteiger partial charge in [-0.1, -0.05) is 24.3 Å². The van der Waals surface area contributed by atoms with E-state index in [1.54, 1.807) is 6.33 Å². The van der Waals surface area contributed by atoms with Crippen LogP contribution in [-0.2, 0) is 6.54 Å². The smallest absolute Gasteiger partial charge is 0.131 e. The van der Waals surface area contributed by atoms with E-state index in [0.717, 1.165) is 31.3 Å². The predicted molar refractivity (Wildman–Crippen MR) is 87.6 cm³/mol. The van der Waals surface area contributed by atoms with Crippen LogP contribution >= 0.6 is 0 Å². The summed E-state index contributed by atoms with van der Waals surface area (Å²) in [5.74, 6) is 1.68. The summed E-state index contributed by atoms with van der Waals surface area (Å²) >= 11 is 0. The van der Waals surface area contributed by atoms with E-state index in [2.05, 4.69) is 70.8 Å². The van der Waals surface area contributed by atoms with Crippen molar-refractivity contribution in [3.05, 3.63) is 47.8 Å². The summed E-state index contributed by atoms with van der Waals surface area (Å²) in [4.78, 5) is 10.6. The largest absolute Gasteiger partial charge is 0.369 e. The summed E-state index contributed by atoms with van der Waals surface area (Å²) in [5.41, 5.74) is 2.56. The Morgan fingerprint density at radius 1 is 1.05 bits per heavy atom. The number of nitrogens with one attached hydrogen (secondary N) is 2. The zero-order valence-electron chi connectivity index (χ0n) is 12.9. The van der Waals surface area contributed by atoms with Gasteiger partial charge in [-0.2, -0.15) is 0 Å². The number of benzene rings is 1. The van der Waals surface area contributed by atoms with Crippen LogP contribution in [0.25, 0.3) is 0 Å². The van der Waals surface area contributed by atoms with Crippen molar-refractivity contribution in [1.29, 1.82) is 0 Å². The van der Waals surface area contributed by atoms with E-state index < -0.39 is 0 Å². The molecule has 1 aromatic heterocycles. The number of rotatable bonds is 7. The lowest BCUT2D eigenvalue weighted by Gasteiger charge is -2.12. The molecule has 0 atom stereocenters. The zero-order chi connectivity index (χ0) is 15.1. The van der Waals surface area contributed by atoms with Gasteiger partial charge in [0, 0.05) is 25.7 Å². The van der Waals surface area contributed by atoms with Crippen LogP contribution in [0.5, 0.6) is 0 Å². The number of hydrogen-bond acceptors (Lipinski definition) is 5. The molecule has 0 spiro atoms. The zero-order valence-corrected chi connectivity index (χ0v) is 12.9. The van der Waals surface area contributed by atoms with E-state index in [4.69, 9.17) is 0 Å². The molecule has 0 aliphatic rings. The van der Waals surface area contributed by atoms with Gasteiger partial charge in [-0.25, -0.2) is 9.97 Å². The molecule has 2 aromatic rings. The molecule has 0 unspecified atom stereocenters. The summed E-state index contributed by atoms with van der Waals surface area (Å²) in [6.45, 7) is 4.71. The van der Waals surface area contributed by atoms with Gasteiger partial charge >= 0.3 is 0 Å². The molecule has 2 N–H and O–H groups in total. The van der Waals surface area contributed by atoms with Crippen LogP contribution in [-0.4, -0.2) is 42.1 Å². The first-order valence-electron chi connectivity index (χ1n) is 7.14. The van der Waals surface area contributed by atoms with Crippen LogP contribution < -0.4 is 10.6 Å². The Kier molecular flexibility index (Phi) is 5.51. The van der Waals surface area contributed by atoms with Crippen LogP contribution in [0, 0.1) is 6.92 Å². The summed E-state index contributed by atoms with van der Waals surface area (Å²) < 4.78 is 0. The first-order chi connectivity index (χ1) is 10.1. The van der Waals surface area contributed by atoms with Crippen molar-refractivity contribution in [3.63, 3.8) is 0 Å². The maximum Gasteiger partial charge on any atom is 0.131 e. The molecule has 21 heavy (non-hydrogen) atoms. The first kappa shape index (κ1) is 15.3. The second-order valence-electron chi connectivity index (χ2n) is 5.30. The third-order valence-electron chi connectivity index (χ3n) is 3.25. The van der Waals surface area contributed by atoms with Crippen molar-refractivity contribution in [2.24, 2.45) is 0 Å². The molecule has 112 valence electrons. The van der Waals surface area contributed by atoms with Gasteiger partial charge in [0.05, 0.1) is 0 Å². The molecule has 0 aliphatic carbocycles. The Morgan fingerprint density at radius 2 is 1.76 bits per heavy atom. The van der Waals surface area contributed by atoms with Gasteiger partial charge in [0.25, 0.3) is 0 Å². The fourth-order valence-electron chi connectivity index (χ4n) is 1.95. The quantitative estimate of drug-likeness (QED) is 0.818. The Morgan fingerprint density at radius 3 is 2.48 bits per heavy atom. The lowest BCUT2D eigenvalue weighted by molar-refractivity contribution is 0.425. The summed E-state index contributed by atoms with van der Waals surface area (Å²) in [7, 11) is 4.10. The van der Waals surface area contributed by atoms with E-state index in [9.17, 15) is 0 Å². The molecule has 0 saturated carbocycles. The highest BCUT2D eigenvalue weighted by Gasteiger charge is 2.00. The standard InChI is InChI=1S/C16H23N5/c1-13-6-4-5-7-14(13)11-18-16-10-15(19-12-20-16)17-8-9-21(2)3/h4-7,10,12H,8-9,11H2,1-3H3,(H2,17,18,19,20). The Bertz CT molecular complexity index is 568. The van der Waals surface area contributed by atoms with Crippen LogP contribution in [0.4, 0.5) is 11.6 Å². The number of anilines is 2. The molecule has 0 saturated heterocycles. The van der Waals surface area contributed by atoms with E-state index in [-0.39, 0.29) is 0 Å². The molecule has 0 radical (unpaired) electrons. The van der Waals surface area contributed by atoms with Gasteiger partial charge in [-0.15, -0.1) is 0 Å². The molecule has 5 heteroatoms. The molecule has 0 amide bonds. The normalized spacial score (nSPS) is 10.7. The minimum atomic E-state index is 0.765. The number of likely N-dealkylation sites (N-methyl/N-ethyl adjacent to an activating group) is 1. The molecular weight excluding hydrogens is 262 g/mol. The van der Waals surface area contributed by atoms with Gasteiger partial charge in [-0.05, 0) is 32.1 Å². The number of aromatic nitrogens is 2. The van der Waals surface area contributed by atoms with Gasteiger partial charge < -0.3 is 15.5 Å². The average molecular weight is 285 g/mol. The third-order valence-corrected chi connectivity index (χ3v) is 3.25. The van der Waals surface area contributed by atoms with Crippen LogP contribution in [0.3, 0.4) is 0 Å². The van der Waals surface area contributed by atoms with Crippen LogP contribution in [0.2, 0.25) is 0 Å². The highest BCUT2D eigenvalue weighted by molar-refractivity contribution is 5.47. The summed E-state index contributed by atoms with van der Waals surface area (Å²) in [6, 6.07) is 10.3. The average Bonchev–Trinajstić information content (AvgIpc) is 2.46. The highest BCUT2D eigenvalue weighted by atomic mass is 15.1. The Balaban J connectivity index is 1.90. The second-order valence-corrected chi connectivity index (χ2v) is 5.30. The predicted octanol–water partition coefficient (Wildman–Crippen LogP) is 2.37. The molecule has 2 rings (SSSR count). The summed E-state index contributed by atoms with van der Waals surface area (Å²) in [6.07, 6.45) is 1.58. The fourth-order valence-corrected chi connectivity index (χ4v) is 1.95. The maximum absolute atomic E-state index is 4.25. The SMILES string of the molecule is Cc1ccccc1CNc1cc(NCCN(C)C)ncn1. The van der Waals surface area contributed by atoms with Gasteiger partial charge in [-0.3, -0.25) is 0 Å². The highest BCUT2D eigenvalue weighted by Crippen LogP contribution is 2.12. The van der Waals surface area contributed by atoms with E-state index >= 15 is 0 Å². The molecule has 0 bridgehead atoms. The van der Waals surface area contributed by atoms with Crippen molar-refractivity contribution < 1.29 is 0 Å². The van der Waals surface area contributed by atoms with E-state index in [0.29, 0.717) is 0 Å². The molecule has 5 nitrogen and oxygen atoms in total.